The van der Waals surface area contributed by atoms with Crippen molar-refractivity contribution in [3.05, 3.63) is 59.7 Å². The predicted octanol–water partition coefficient (Wildman–Crippen LogP) is 3.77. The highest BCUT2D eigenvalue weighted by Crippen LogP contribution is 2.18. The minimum absolute atomic E-state index is 0.0737. The molecule has 2 aromatic rings. The van der Waals surface area contributed by atoms with Crippen molar-refractivity contribution >= 4 is 17.3 Å². The molecule has 0 bridgehead atoms. The van der Waals surface area contributed by atoms with Gasteiger partial charge in [-0.15, -0.1) is 0 Å². The standard InChI is InChI=1S/C18H22N2O/c1-4-20(16-10-6-5-7-11-16)18(21)13-19-17-12-8-9-14(2)15(17)3/h5-12,19H,4,13H2,1-3H3. The summed E-state index contributed by atoms with van der Waals surface area (Å²) < 4.78 is 0. The molecule has 21 heavy (non-hydrogen) atoms. The lowest BCUT2D eigenvalue weighted by Crippen LogP contribution is -2.35. The molecule has 0 aliphatic rings. The second kappa shape index (κ2) is 6.93. The Bertz CT molecular complexity index is 608. The average molecular weight is 282 g/mol. The van der Waals surface area contributed by atoms with Crippen LogP contribution in [0.25, 0.3) is 0 Å². The van der Waals surface area contributed by atoms with Gasteiger partial charge in [0.05, 0.1) is 6.54 Å². The summed E-state index contributed by atoms with van der Waals surface area (Å²) in [5.74, 6) is 0.0737. The molecule has 0 spiro atoms. The van der Waals surface area contributed by atoms with Gasteiger partial charge in [-0.2, -0.15) is 0 Å². The Morgan fingerprint density at radius 2 is 1.76 bits per heavy atom. The number of hydrogen-bond donors (Lipinski definition) is 1. The van der Waals surface area contributed by atoms with E-state index in [4.69, 9.17) is 0 Å². The fourth-order valence-electron chi connectivity index (χ4n) is 2.32. The minimum Gasteiger partial charge on any atom is -0.376 e. The third-order valence-corrected chi connectivity index (χ3v) is 3.72. The van der Waals surface area contributed by atoms with Gasteiger partial charge in [0.1, 0.15) is 0 Å². The van der Waals surface area contributed by atoms with Gasteiger partial charge in [-0.1, -0.05) is 30.3 Å². The first-order valence-corrected chi connectivity index (χ1v) is 7.29. The van der Waals surface area contributed by atoms with E-state index in [1.54, 1.807) is 4.90 Å². The van der Waals surface area contributed by atoms with E-state index in [-0.39, 0.29) is 5.91 Å². The van der Waals surface area contributed by atoms with Crippen LogP contribution in [0.3, 0.4) is 0 Å². The Kier molecular flexibility index (Phi) is 4.99. The number of carbonyl (C=O) groups excluding carboxylic acids is 1. The molecule has 0 heterocycles. The van der Waals surface area contributed by atoms with Crippen LogP contribution < -0.4 is 10.2 Å². The van der Waals surface area contributed by atoms with Crippen molar-refractivity contribution in [3.63, 3.8) is 0 Å². The molecule has 1 N–H and O–H groups in total. The number of nitrogens with one attached hydrogen (secondary N) is 1. The first-order valence-electron chi connectivity index (χ1n) is 7.29. The van der Waals surface area contributed by atoms with E-state index >= 15 is 0 Å². The zero-order valence-electron chi connectivity index (χ0n) is 12.9. The number of para-hydroxylation sites is 1. The normalized spacial score (nSPS) is 10.2. The molecule has 0 atom stereocenters. The highest BCUT2D eigenvalue weighted by atomic mass is 16.2. The molecular weight excluding hydrogens is 260 g/mol. The maximum absolute atomic E-state index is 12.4. The van der Waals surface area contributed by atoms with Gasteiger partial charge in [-0.25, -0.2) is 0 Å². The number of nitrogens with zero attached hydrogens (tertiary/aromatic N) is 1. The number of aryl methyl sites for hydroxylation is 1. The summed E-state index contributed by atoms with van der Waals surface area (Å²) in [4.78, 5) is 14.2. The Hall–Kier alpha value is -2.29. The van der Waals surface area contributed by atoms with Gasteiger partial charge in [-0.05, 0) is 50.1 Å². The molecule has 2 rings (SSSR count). The summed E-state index contributed by atoms with van der Waals surface area (Å²) in [6.45, 7) is 7.09. The monoisotopic (exact) mass is 282 g/mol. The molecule has 0 radical (unpaired) electrons. The summed E-state index contributed by atoms with van der Waals surface area (Å²) in [5.41, 5.74) is 4.37. The van der Waals surface area contributed by atoms with Gasteiger partial charge in [0.2, 0.25) is 5.91 Å². The van der Waals surface area contributed by atoms with Crippen LogP contribution in [0.2, 0.25) is 0 Å². The topological polar surface area (TPSA) is 32.3 Å². The molecule has 0 saturated heterocycles. The Morgan fingerprint density at radius 3 is 2.43 bits per heavy atom. The second-order valence-corrected chi connectivity index (χ2v) is 5.07. The molecule has 110 valence electrons. The largest absolute Gasteiger partial charge is 0.376 e. The van der Waals surface area contributed by atoms with Gasteiger partial charge < -0.3 is 10.2 Å². The maximum Gasteiger partial charge on any atom is 0.246 e. The van der Waals surface area contributed by atoms with Crippen LogP contribution in [0.1, 0.15) is 18.1 Å². The van der Waals surface area contributed by atoms with Crippen LogP contribution in [0.15, 0.2) is 48.5 Å². The van der Waals surface area contributed by atoms with Crippen molar-refractivity contribution in [2.75, 3.05) is 23.3 Å². The number of carbonyl (C=O) groups is 1. The van der Waals surface area contributed by atoms with Crippen LogP contribution in [0, 0.1) is 13.8 Å². The summed E-state index contributed by atoms with van der Waals surface area (Å²) >= 11 is 0. The smallest absolute Gasteiger partial charge is 0.246 e. The van der Waals surface area contributed by atoms with Crippen LogP contribution >= 0.6 is 0 Å². The van der Waals surface area contributed by atoms with E-state index in [1.165, 1.54) is 11.1 Å². The van der Waals surface area contributed by atoms with Gasteiger partial charge in [0.15, 0.2) is 0 Å². The molecule has 0 unspecified atom stereocenters. The van der Waals surface area contributed by atoms with E-state index in [0.717, 1.165) is 11.4 Å². The minimum atomic E-state index is 0.0737. The van der Waals surface area contributed by atoms with Crippen molar-refractivity contribution < 1.29 is 4.79 Å². The number of benzene rings is 2. The predicted molar refractivity (Wildman–Crippen MR) is 88.9 cm³/mol. The lowest BCUT2D eigenvalue weighted by molar-refractivity contribution is -0.116. The highest BCUT2D eigenvalue weighted by molar-refractivity contribution is 5.96. The molecule has 0 aromatic heterocycles. The fraction of sp³-hybridized carbons (Fsp3) is 0.278. The van der Waals surface area contributed by atoms with Crippen molar-refractivity contribution in [2.45, 2.75) is 20.8 Å². The maximum atomic E-state index is 12.4. The molecule has 0 fully saturated rings. The molecule has 2 aromatic carbocycles. The Balaban J connectivity index is 2.05. The summed E-state index contributed by atoms with van der Waals surface area (Å²) in [6, 6.07) is 15.9. The second-order valence-electron chi connectivity index (χ2n) is 5.07. The molecule has 1 amide bonds. The third-order valence-electron chi connectivity index (χ3n) is 3.72. The van der Waals surface area contributed by atoms with E-state index in [0.29, 0.717) is 13.1 Å². The Labute approximate surface area is 126 Å². The quantitative estimate of drug-likeness (QED) is 0.905. The fourth-order valence-corrected chi connectivity index (χ4v) is 2.32. The van der Waals surface area contributed by atoms with Crippen molar-refractivity contribution in [1.29, 1.82) is 0 Å². The van der Waals surface area contributed by atoms with E-state index in [9.17, 15) is 4.79 Å². The van der Waals surface area contributed by atoms with Crippen molar-refractivity contribution in [1.82, 2.24) is 0 Å². The SMILES string of the molecule is CCN(C(=O)CNc1cccc(C)c1C)c1ccccc1. The molecule has 3 nitrogen and oxygen atoms in total. The van der Waals surface area contributed by atoms with Crippen molar-refractivity contribution in [3.8, 4) is 0 Å². The molecule has 0 aliphatic heterocycles. The van der Waals surface area contributed by atoms with Crippen LogP contribution in [0.5, 0.6) is 0 Å². The Morgan fingerprint density at radius 1 is 1.05 bits per heavy atom. The van der Waals surface area contributed by atoms with Gasteiger partial charge in [-0.3, -0.25) is 4.79 Å². The van der Waals surface area contributed by atoms with Crippen LogP contribution in [-0.2, 0) is 4.79 Å². The van der Waals surface area contributed by atoms with Crippen molar-refractivity contribution in [2.24, 2.45) is 0 Å². The molecular formula is C18H22N2O. The summed E-state index contributed by atoms with van der Waals surface area (Å²) in [5, 5.41) is 3.25. The third kappa shape index (κ3) is 3.63. The number of hydrogen-bond acceptors (Lipinski definition) is 2. The molecule has 3 heteroatoms. The number of rotatable bonds is 5. The van der Waals surface area contributed by atoms with Gasteiger partial charge in [0, 0.05) is 17.9 Å². The number of amides is 1. The average Bonchev–Trinajstić information content (AvgIpc) is 2.50. The lowest BCUT2D eigenvalue weighted by Gasteiger charge is -2.22. The molecule has 0 aliphatic carbocycles. The number of anilines is 2. The highest BCUT2D eigenvalue weighted by Gasteiger charge is 2.13. The van der Waals surface area contributed by atoms with Crippen LogP contribution in [0.4, 0.5) is 11.4 Å². The first kappa shape index (κ1) is 15.1. The van der Waals surface area contributed by atoms with E-state index < -0.39 is 0 Å². The lowest BCUT2D eigenvalue weighted by atomic mass is 10.1. The van der Waals surface area contributed by atoms with Gasteiger partial charge in [0.25, 0.3) is 0 Å². The summed E-state index contributed by atoms with van der Waals surface area (Å²) in [7, 11) is 0. The number of likely N-dealkylation sites (N-methyl/N-ethyl adjacent to an activating group) is 1. The first-order chi connectivity index (χ1) is 10.1. The van der Waals surface area contributed by atoms with Crippen LogP contribution in [-0.4, -0.2) is 19.0 Å². The van der Waals surface area contributed by atoms with E-state index in [1.807, 2.05) is 49.4 Å². The summed E-state index contributed by atoms with van der Waals surface area (Å²) in [6.07, 6.45) is 0. The molecule has 0 saturated carbocycles. The zero-order valence-corrected chi connectivity index (χ0v) is 12.9. The van der Waals surface area contributed by atoms with Gasteiger partial charge >= 0.3 is 0 Å². The zero-order chi connectivity index (χ0) is 15.2. The van der Waals surface area contributed by atoms with E-state index in [2.05, 4.69) is 25.2 Å².